The first kappa shape index (κ1) is 42.4. The summed E-state index contributed by atoms with van der Waals surface area (Å²) in [7, 11) is 2.13. The molecule has 0 aromatic heterocycles. The van der Waals surface area contributed by atoms with Crippen LogP contribution in [-0.4, -0.2) is 37.1 Å². The number of rotatable bonds is 33. The monoisotopic (exact) mass is 640 g/mol. The smallest absolute Gasteiger partial charge is 0.306 e. The highest BCUT2D eigenvalue weighted by molar-refractivity contribution is 5.70. The van der Waals surface area contributed by atoms with E-state index in [2.05, 4.69) is 74.4 Å². The second-order valence-electron chi connectivity index (χ2n) is 14.1. The number of hydrogen-bond donors (Lipinski definition) is 0. The molecule has 0 spiro atoms. The molecule has 3 heteroatoms. The van der Waals surface area contributed by atoms with E-state index in [0.717, 1.165) is 38.8 Å². The molecular formula is C43H77NO2. The van der Waals surface area contributed by atoms with Crippen LogP contribution in [0, 0.1) is 5.92 Å². The minimum absolute atomic E-state index is 0.0446. The van der Waals surface area contributed by atoms with Crippen molar-refractivity contribution in [3.63, 3.8) is 0 Å². The summed E-state index contributed by atoms with van der Waals surface area (Å²) in [6, 6.07) is 0. The maximum Gasteiger partial charge on any atom is 0.306 e. The molecule has 0 aromatic carbocycles. The zero-order chi connectivity index (χ0) is 33.2. The zero-order valence-electron chi connectivity index (χ0n) is 31.0. The topological polar surface area (TPSA) is 29.5 Å². The maximum absolute atomic E-state index is 12.6. The third-order valence-corrected chi connectivity index (χ3v) is 9.35. The van der Waals surface area contributed by atoms with Crippen LogP contribution in [0.1, 0.15) is 187 Å². The minimum Gasteiger partial charge on any atom is -0.462 e. The molecular weight excluding hydrogens is 562 g/mol. The van der Waals surface area contributed by atoms with E-state index in [1.54, 1.807) is 0 Å². The van der Waals surface area contributed by atoms with Gasteiger partial charge in [0.2, 0.25) is 0 Å². The predicted molar refractivity (Wildman–Crippen MR) is 203 cm³/mol. The Kier molecular flexibility index (Phi) is 30.7. The number of nitrogens with zero attached hydrogens (tertiary/aromatic N) is 1. The first-order chi connectivity index (χ1) is 22.7. The van der Waals surface area contributed by atoms with E-state index in [0.29, 0.717) is 12.3 Å². The molecule has 1 aliphatic heterocycles. The van der Waals surface area contributed by atoms with Gasteiger partial charge in [-0.1, -0.05) is 140 Å². The Labute approximate surface area is 287 Å². The summed E-state index contributed by atoms with van der Waals surface area (Å²) in [5, 5.41) is 0. The second kappa shape index (κ2) is 33.3. The summed E-state index contributed by atoms with van der Waals surface area (Å²) < 4.78 is 6.06. The van der Waals surface area contributed by atoms with Gasteiger partial charge in [-0.15, -0.1) is 0 Å². The highest BCUT2D eigenvalue weighted by Crippen LogP contribution is 2.21. The quantitative estimate of drug-likeness (QED) is 0.0406. The van der Waals surface area contributed by atoms with Gasteiger partial charge in [-0.3, -0.25) is 4.79 Å². The Morgan fingerprint density at radius 2 is 0.935 bits per heavy atom. The lowest BCUT2D eigenvalue weighted by atomic mass is 9.97. The zero-order valence-corrected chi connectivity index (χ0v) is 31.0. The molecule has 1 saturated heterocycles. The third-order valence-electron chi connectivity index (χ3n) is 9.35. The van der Waals surface area contributed by atoms with Crippen LogP contribution in [0.4, 0.5) is 0 Å². The average Bonchev–Trinajstić information content (AvgIpc) is 3.03. The van der Waals surface area contributed by atoms with E-state index in [1.807, 2.05) is 0 Å². The van der Waals surface area contributed by atoms with Gasteiger partial charge in [-0.2, -0.15) is 0 Å². The van der Waals surface area contributed by atoms with Gasteiger partial charge >= 0.3 is 5.97 Å². The van der Waals surface area contributed by atoms with Gasteiger partial charge in [0, 0.05) is 13.1 Å². The van der Waals surface area contributed by atoms with Gasteiger partial charge in [-0.05, 0) is 103 Å². The van der Waals surface area contributed by atoms with Gasteiger partial charge < -0.3 is 9.64 Å². The SMILES string of the molecule is CCCCC/C=C\C/C=C\CCCCCCCCC(CCCCCCCC/C=C\C/C=C\CCCCC)OC(=O)CC1CN(C)C1. The molecule has 0 amide bonds. The number of esters is 1. The Hall–Kier alpha value is -1.61. The van der Waals surface area contributed by atoms with Crippen LogP contribution in [0.2, 0.25) is 0 Å². The number of allylic oxidation sites excluding steroid dienone is 8. The van der Waals surface area contributed by atoms with Crippen LogP contribution in [0.3, 0.4) is 0 Å². The van der Waals surface area contributed by atoms with Gasteiger partial charge in [-0.25, -0.2) is 0 Å². The third kappa shape index (κ3) is 28.6. The van der Waals surface area contributed by atoms with Crippen molar-refractivity contribution < 1.29 is 9.53 Å². The molecule has 0 N–H and O–H groups in total. The summed E-state index contributed by atoms with van der Waals surface area (Å²) in [5.74, 6) is 0.546. The molecule has 1 rings (SSSR count). The minimum atomic E-state index is 0.0446. The summed E-state index contributed by atoms with van der Waals surface area (Å²) in [5.41, 5.74) is 0. The normalized spacial score (nSPS) is 14.6. The van der Waals surface area contributed by atoms with Crippen molar-refractivity contribution >= 4 is 5.97 Å². The van der Waals surface area contributed by atoms with E-state index in [4.69, 9.17) is 4.74 Å². The fraction of sp³-hybridized carbons (Fsp3) is 0.791. The fourth-order valence-corrected chi connectivity index (χ4v) is 6.41. The largest absolute Gasteiger partial charge is 0.462 e. The Bertz CT molecular complexity index is 728. The van der Waals surface area contributed by atoms with Gasteiger partial charge in [0.05, 0.1) is 6.42 Å². The molecule has 46 heavy (non-hydrogen) atoms. The van der Waals surface area contributed by atoms with Crippen molar-refractivity contribution in [3.8, 4) is 0 Å². The second-order valence-corrected chi connectivity index (χ2v) is 14.1. The van der Waals surface area contributed by atoms with Crippen molar-refractivity contribution in [1.29, 1.82) is 0 Å². The number of carbonyl (C=O) groups is 1. The molecule has 0 atom stereocenters. The molecule has 1 aliphatic rings. The van der Waals surface area contributed by atoms with E-state index < -0.39 is 0 Å². The van der Waals surface area contributed by atoms with E-state index in [9.17, 15) is 4.79 Å². The molecule has 0 aromatic rings. The first-order valence-corrected chi connectivity index (χ1v) is 20.1. The first-order valence-electron chi connectivity index (χ1n) is 20.1. The molecule has 0 unspecified atom stereocenters. The lowest BCUT2D eigenvalue weighted by Crippen LogP contribution is -2.44. The van der Waals surface area contributed by atoms with Crippen LogP contribution in [0.15, 0.2) is 48.6 Å². The van der Waals surface area contributed by atoms with Crippen molar-refractivity contribution in [3.05, 3.63) is 48.6 Å². The maximum atomic E-state index is 12.6. The van der Waals surface area contributed by atoms with Crippen LogP contribution in [-0.2, 0) is 9.53 Å². The highest BCUT2D eigenvalue weighted by Gasteiger charge is 2.27. The Morgan fingerprint density at radius 3 is 1.33 bits per heavy atom. The number of ether oxygens (including phenoxy) is 1. The molecule has 266 valence electrons. The van der Waals surface area contributed by atoms with Gasteiger partial charge in [0.1, 0.15) is 6.10 Å². The number of unbranched alkanes of at least 4 members (excludes halogenated alkanes) is 18. The summed E-state index contributed by atoms with van der Waals surface area (Å²) in [4.78, 5) is 14.9. The molecule has 1 fully saturated rings. The van der Waals surface area contributed by atoms with Crippen molar-refractivity contribution in [2.75, 3.05) is 20.1 Å². The van der Waals surface area contributed by atoms with Crippen LogP contribution in [0.5, 0.6) is 0 Å². The highest BCUT2D eigenvalue weighted by atomic mass is 16.5. The molecule has 1 heterocycles. The van der Waals surface area contributed by atoms with E-state index in [1.165, 1.54) is 141 Å². The van der Waals surface area contributed by atoms with Gasteiger partial charge in [0.15, 0.2) is 0 Å². The standard InChI is InChI=1S/C43H77NO2/c1-4-6-8-10-12-14-16-18-20-22-24-26-28-30-32-34-36-42(46-43(45)38-41-39-44(3)40-41)37-35-33-31-29-27-25-23-21-19-17-15-13-11-9-7-5-2/h12-15,18-21,41-42H,4-11,16-17,22-40H2,1-3H3/b14-12-,15-13-,20-18-,21-19-. The predicted octanol–water partition coefficient (Wildman–Crippen LogP) is 13.3. The average molecular weight is 640 g/mol. The Balaban J connectivity index is 2.11. The molecule has 3 nitrogen and oxygen atoms in total. The molecule has 0 bridgehead atoms. The molecule has 0 aliphatic carbocycles. The summed E-state index contributed by atoms with van der Waals surface area (Å²) >= 11 is 0. The van der Waals surface area contributed by atoms with Crippen molar-refractivity contribution in [1.82, 2.24) is 4.90 Å². The Morgan fingerprint density at radius 1 is 0.565 bits per heavy atom. The molecule has 0 radical (unpaired) electrons. The lowest BCUT2D eigenvalue weighted by molar-refractivity contribution is -0.152. The fourth-order valence-electron chi connectivity index (χ4n) is 6.41. The van der Waals surface area contributed by atoms with Crippen molar-refractivity contribution in [2.45, 2.75) is 193 Å². The van der Waals surface area contributed by atoms with Crippen LogP contribution < -0.4 is 0 Å². The molecule has 0 saturated carbocycles. The van der Waals surface area contributed by atoms with E-state index in [-0.39, 0.29) is 12.1 Å². The van der Waals surface area contributed by atoms with E-state index >= 15 is 0 Å². The summed E-state index contributed by atoms with van der Waals surface area (Å²) in [6.45, 7) is 6.60. The lowest BCUT2D eigenvalue weighted by Gasteiger charge is -2.35. The number of hydrogen-bond acceptors (Lipinski definition) is 3. The number of likely N-dealkylation sites (tertiary alicyclic amines) is 1. The number of carbonyl (C=O) groups excluding carboxylic acids is 1. The van der Waals surface area contributed by atoms with Gasteiger partial charge in [0.25, 0.3) is 0 Å². The summed E-state index contributed by atoms with van der Waals surface area (Å²) in [6.07, 6.45) is 52.1. The van der Waals surface area contributed by atoms with Crippen LogP contribution >= 0.6 is 0 Å². The van der Waals surface area contributed by atoms with Crippen LogP contribution in [0.25, 0.3) is 0 Å². The van der Waals surface area contributed by atoms with Crippen molar-refractivity contribution in [2.24, 2.45) is 5.92 Å².